The molecule has 7 nitrogen and oxygen atoms in total. The van der Waals surface area contributed by atoms with Crippen molar-refractivity contribution in [1.82, 2.24) is 14.9 Å². The molecule has 0 unspecified atom stereocenters. The second-order valence-electron chi connectivity index (χ2n) is 7.30. The zero-order chi connectivity index (χ0) is 16.7. The number of fused-ring (bicyclic) bond motifs is 3. The molecule has 0 radical (unpaired) electrons. The van der Waals surface area contributed by atoms with E-state index in [4.69, 9.17) is 9.47 Å². The van der Waals surface area contributed by atoms with E-state index in [1.807, 2.05) is 0 Å². The van der Waals surface area contributed by atoms with Crippen molar-refractivity contribution in [2.45, 2.75) is 38.0 Å². The SMILES string of the molecule is Cc1nc(CN2C[C@@H]3COCC[C@]3(O)[C@H]3COCC[C@H]32)cc(=O)[nH]1. The summed E-state index contributed by atoms with van der Waals surface area (Å²) in [4.78, 5) is 21.2. The first kappa shape index (κ1) is 16.2. The maximum atomic E-state index is 11.7. The van der Waals surface area contributed by atoms with E-state index in [9.17, 15) is 9.90 Å². The van der Waals surface area contributed by atoms with Crippen LogP contribution in [0.25, 0.3) is 0 Å². The predicted molar refractivity (Wildman–Crippen MR) is 86.6 cm³/mol. The highest BCUT2D eigenvalue weighted by molar-refractivity contribution is 5.09. The van der Waals surface area contributed by atoms with Crippen LogP contribution < -0.4 is 5.56 Å². The number of nitrogens with one attached hydrogen (secondary N) is 1. The van der Waals surface area contributed by atoms with Gasteiger partial charge in [0.15, 0.2) is 0 Å². The molecule has 0 saturated carbocycles. The molecule has 1 aromatic rings. The molecule has 3 aliphatic heterocycles. The van der Waals surface area contributed by atoms with E-state index in [0.29, 0.717) is 38.6 Å². The van der Waals surface area contributed by atoms with E-state index >= 15 is 0 Å². The van der Waals surface area contributed by atoms with Crippen molar-refractivity contribution < 1.29 is 14.6 Å². The third kappa shape index (κ3) is 2.79. The molecule has 7 heteroatoms. The maximum absolute atomic E-state index is 11.7. The number of likely N-dealkylation sites (tertiary alicyclic amines) is 1. The van der Waals surface area contributed by atoms with Gasteiger partial charge in [-0.25, -0.2) is 4.98 Å². The third-order valence-corrected chi connectivity index (χ3v) is 5.84. The van der Waals surface area contributed by atoms with Gasteiger partial charge in [0.25, 0.3) is 5.56 Å². The molecule has 132 valence electrons. The number of hydrogen-bond donors (Lipinski definition) is 2. The fourth-order valence-corrected chi connectivity index (χ4v) is 4.68. The van der Waals surface area contributed by atoms with Crippen LogP contribution in [0.15, 0.2) is 10.9 Å². The van der Waals surface area contributed by atoms with E-state index in [1.54, 1.807) is 13.0 Å². The van der Waals surface area contributed by atoms with Gasteiger partial charge in [-0.2, -0.15) is 0 Å². The fraction of sp³-hybridized carbons (Fsp3) is 0.765. The highest BCUT2D eigenvalue weighted by Gasteiger charge is 2.55. The van der Waals surface area contributed by atoms with Crippen LogP contribution in [0.3, 0.4) is 0 Å². The van der Waals surface area contributed by atoms with Gasteiger partial charge in [-0.05, 0) is 13.3 Å². The number of aryl methyl sites for hydroxylation is 1. The Kier molecular flexibility index (Phi) is 4.20. The molecular weight excluding hydrogens is 310 g/mol. The minimum atomic E-state index is -0.697. The third-order valence-electron chi connectivity index (χ3n) is 5.84. The van der Waals surface area contributed by atoms with Gasteiger partial charge < -0.3 is 19.6 Å². The lowest BCUT2D eigenvalue weighted by Crippen LogP contribution is -2.67. The Morgan fingerprint density at radius 3 is 3.08 bits per heavy atom. The zero-order valence-electron chi connectivity index (χ0n) is 14.0. The second kappa shape index (κ2) is 6.22. The first-order chi connectivity index (χ1) is 11.6. The molecule has 4 atom stereocenters. The van der Waals surface area contributed by atoms with Crippen molar-refractivity contribution in [3.63, 3.8) is 0 Å². The van der Waals surface area contributed by atoms with Crippen LogP contribution >= 0.6 is 0 Å². The van der Waals surface area contributed by atoms with E-state index < -0.39 is 5.60 Å². The standard InChI is InChI=1S/C17H25N3O4/c1-11-18-13(6-16(21)19-11)8-20-7-12-9-24-5-3-17(12,22)14-10-23-4-2-15(14)20/h6,12,14-15,22H,2-5,7-10H2,1H3,(H,18,19,21)/t12-,14+,15-,17-/m1/s1. The predicted octanol–water partition coefficient (Wildman–Crippen LogP) is 0.0666. The average Bonchev–Trinajstić information content (AvgIpc) is 2.55. The first-order valence-corrected chi connectivity index (χ1v) is 8.75. The summed E-state index contributed by atoms with van der Waals surface area (Å²) in [5, 5.41) is 11.3. The van der Waals surface area contributed by atoms with Crippen molar-refractivity contribution in [2.24, 2.45) is 11.8 Å². The van der Waals surface area contributed by atoms with Crippen LogP contribution in [0.5, 0.6) is 0 Å². The average molecular weight is 335 g/mol. The number of aliphatic hydroxyl groups is 1. The van der Waals surface area contributed by atoms with Crippen molar-refractivity contribution >= 4 is 0 Å². The quantitative estimate of drug-likeness (QED) is 0.795. The molecule has 0 bridgehead atoms. The van der Waals surface area contributed by atoms with E-state index in [2.05, 4.69) is 14.9 Å². The first-order valence-electron chi connectivity index (χ1n) is 8.75. The normalized spacial score (nSPS) is 36.8. The minimum absolute atomic E-state index is 0.0808. The van der Waals surface area contributed by atoms with Gasteiger partial charge in [-0.15, -0.1) is 0 Å². The lowest BCUT2D eigenvalue weighted by atomic mass is 9.66. The van der Waals surface area contributed by atoms with E-state index in [0.717, 1.165) is 25.3 Å². The van der Waals surface area contributed by atoms with Crippen LogP contribution in [0, 0.1) is 18.8 Å². The van der Waals surface area contributed by atoms with E-state index in [1.165, 1.54) is 0 Å². The van der Waals surface area contributed by atoms with Crippen LogP contribution in [0.1, 0.15) is 24.4 Å². The van der Waals surface area contributed by atoms with Gasteiger partial charge in [0.1, 0.15) is 5.82 Å². The van der Waals surface area contributed by atoms with Gasteiger partial charge >= 0.3 is 0 Å². The number of aromatic nitrogens is 2. The molecule has 0 spiro atoms. The summed E-state index contributed by atoms with van der Waals surface area (Å²) in [7, 11) is 0. The zero-order valence-corrected chi connectivity index (χ0v) is 14.0. The summed E-state index contributed by atoms with van der Waals surface area (Å²) >= 11 is 0. The number of aromatic amines is 1. The lowest BCUT2D eigenvalue weighted by molar-refractivity contribution is -0.221. The maximum Gasteiger partial charge on any atom is 0.251 e. The Labute approximate surface area is 141 Å². The summed E-state index contributed by atoms with van der Waals surface area (Å²) in [6.07, 6.45) is 1.58. The Morgan fingerprint density at radius 1 is 1.42 bits per heavy atom. The van der Waals surface area contributed by atoms with E-state index in [-0.39, 0.29) is 23.4 Å². The summed E-state index contributed by atoms with van der Waals surface area (Å²) < 4.78 is 11.3. The van der Waals surface area contributed by atoms with Crippen LogP contribution in [-0.2, 0) is 16.0 Å². The summed E-state index contributed by atoms with van der Waals surface area (Å²) in [6.45, 7) is 5.70. The lowest BCUT2D eigenvalue weighted by Gasteiger charge is -2.57. The molecule has 2 N–H and O–H groups in total. The highest BCUT2D eigenvalue weighted by atomic mass is 16.5. The molecule has 0 aliphatic carbocycles. The van der Waals surface area contributed by atoms with Gasteiger partial charge in [0.2, 0.25) is 0 Å². The summed E-state index contributed by atoms with van der Waals surface area (Å²) in [5.41, 5.74) is -0.0312. The van der Waals surface area contributed by atoms with Crippen molar-refractivity contribution in [2.75, 3.05) is 33.0 Å². The number of piperidine rings is 1. The molecule has 0 amide bonds. The molecule has 0 aromatic carbocycles. The number of ether oxygens (including phenoxy) is 2. The Hall–Kier alpha value is -1.28. The molecule has 24 heavy (non-hydrogen) atoms. The van der Waals surface area contributed by atoms with Gasteiger partial charge in [0.05, 0.1) is 24.5 Å². The second-order valence-corrected chi connectivity index (χ2v) is 7.30. The Morgan fingerprint density at radius 2 is 2.25 bits per heavy atom. The number of rotatable bonds is 2. The molecule has 3 fully saturated rings. The summed E-state index contributed by atoms with van der Waals surface area (Å²) in [6, 6.07) is 1.83. The molecule has 4 heterocycles. The molecule has 3 saturated heterocycles. The smallest absolute Gasteiger partial charge is 0.251 e. The largest absolute Gasteiger partial charge is 0.389 e. The fourth-order valence-electron chi connectivity index (χ4n) is 4.68. The van der Waals surface area contributed by atoms with Crippen molar-refractivity contribution in [3.05, 3.63) is 27.9 Å². The van der Waals surface area contributed by atoms with Crippen LogP contribution in [-0.4, -0.2) is 64.6 Å². The highest BCUT2D eigenvalue weighted by Crippen LogP contribution is 2.44. The van der Waals surface area contributed by atoms with Crippen LogP contribution in [0.2, 0.25) is 0 Å². The molecule has 4 rings (SSSR count). The van der Waals surface area contributed by atoms with Crippen LogP contribution in [0.4, 0.5) is 0 Å². The Bertz CT molecular complexity index is 663. The molecule has 1 aromatic heterocycles. The number of hydrogen-bond acceptors (Lipinski definition) is 6. The van der Waals surface area contributed by atoms with Gasteiger partial charge in [-0.1, -0.05) is 0 Å². The molecule has 3 aliphatic rings. The topological polar surface area (TPSA) is 87.7 Å². The molecular formula is C17H25N3O4. The van der Waals surface area contributed by atoms with Gasteiger partial charge in [-0.3, -0.25) is 9.69 Å². The van der Waals surface area contributed by atoms with Crippen molar-refractivity contribution in [3.8, 4) is 0 Å². The van der Waals surface area contributed by atoms with Crippen molar-refractivity contribution in [1.29, 1.82) is 0 Å². The minimum Gasteiger partial charge on any atom is -0.389 e. The summed E-state index contributed by atoms with van der Waals surface area (Å²) in [5.74, 6) is 0.810. The Balaban J connectivity index is 1.61. The monoisotopic (exact) mass is 335 g/mol. The van der Waals surface area contributed by atoms with Gasteiger partial charge in [0, 0.05) is 56.7 Å². The number of nitrogens with zero attached hydrogens (tertiary/aromatic N) is 2. The number of H-pyrrole nitrogens is 1.